The number of likely N-dealkylation sites (N-methyl/N-ethyl adjacent to an activating group) is 1. The molecule has 1 fully saturated rings. The van der Waals surface area contributed by atoms with Crippen molar-refractivity contribution in [3.8, 4) is 0 Å². The van der Waals surface area contributed by atoms with E-state index in [4.69, 9.17) is 0 Å². The van der Waals surface area contributed by atoms with Crippen molar-refractivity contribution in [2.24, 2.45) is 0 Å². The van der Waals surface area contributed by atoms with Crippen LogP contribution in [0.2, 0.25) is 0 Å². The molecule has 3 aromatic rings. The summed E-state index contributed by atoms with van der Waals surface area (Å²) in [5.41, 5.74) is 2.48. The Morgan fingerprint density at radius 3 is 2.91 bits per heavy atom. The number of aromatic nitrogens is 4. The van der Waals surface area contributed by atoms with Crippen molar-refractivity contribution < 1.29 is 4.79 Å². The van der Waals surface area contributed by atoms with E-state index in [1.807, 2.05) is 49.5 Å². The van der Waals surface area contributed by atoms with E-state index in [1.54, 1.807) is 12.5 Å². The van der Waals surface area contributed by atoms with Gasteiger partial charge in [-0.05, 0) is 54.6 Å². The van der Waals surface area contributed by atoms with Crippen LogP contribution in [0.5, 0.6) is 0 Å². The third-order valence-electron chi connectivity index (χ3n) is 5.52. The fourth-order valence-corrected chi connectivity index (χ4v) is 3.97. The molecular formula is C22H28BrN9O. The normalized spacial score (nSPS) is 15.6. The number of likely N-dealkylation sites (tertiary alicyclic amines) is 1. The lowest BCUT2D eigenvalue weighted by atomic mass is 10.2. The molecule has 10 nitrogen and oxygen atoms in total. The number of amides is 2. The molecular weight excluding hydrogens is 486 g/mol. The molecule has 1 saturated heterocycles. The van der Waals surface area contributed by atoms with Gasteiger partial charge >= 0.3 is 6.03 Å². The first-order chi connectivity index (χ1) is 16.0. The van der Waals surface area contributed by atoms with E-state index in [1.165, 1.54) is 0 Å². The summed E-state index contributed by atoms with van der Waals surface area (Å²) in [6.07, 6.45) is 7.00. The zero-order valence-corrected chi connectivity index (χ0v) is 20.3. The number of hydrogen-bond donors (Lipinski definition) is 4. The summed E-state index contributed by atoms with van der Waals surface area (Å²) in [6, 6.07) is 7.84. The Morgan fingerprint density at radius 1 is 1.30 bits per heavy atom. The van der Waals surface area contributed by atoms with Gasteiger partial charge in [0.2, 0.25) is 5.95 Å². The van der Waals surface area contributed by atoms with Crippen LogP contribution in [0.25, 0.3) is 0 Å². The van der Waals surface area contributed by atoms with E-state index in [-0.39, 0.29) is 6.03 Å². The number of aromatic amines is 1. The number of carbonyl (C=O) groups is 1. The van der Waals surface area contributed by atoms with Gasteiger partial charge in [-0.1, -0.05) is 6.07 Å². The second-order valence-corrected chi connectivity index (χ2v) is 8.97. The van der Waals surface area contributed by atoms with E-state index >= 15 is 0 Å². The average Bonchev–Trinajstić information content (AvgIpc) is 3.49. The van der Waals surface area contributed by atoms with Crippen molar-refractivity contribution in [2.75, 3.05) is 49.7 Å². The third-order valence-corrected chi connectivity index (χ3v) is 6.10. The van der Waals surface area contributed by atoms with Crippen LogP contribution in [0.15, 0.2) is 47.5 Å². The Hall–Kier alpha value is -3.18. The molecule has 11 heteroatoms. The van der Waals surface area contributed by atoms with Crippen LogP contribution >= 0.6 is 15.9 Å². The maximum Gasteiger partial charge on any atom is 0.321 e. The molecule has 0 aliphatic carbocycles. The average molecular weight is 514 g/mol. The molecule has 0 radical (unpaired) electrons. The van der Waals surface area contributed by atoms with E-state index in [9.17, 15) is 4.79 Å². The Kier molecular flexibility index (Phi) is 7.40. The lowest BCUT2D eigenvalue weighted by Gasteiger charge is -2.21. The molecule has 0 saturated carbocycles. The van der Waals surface area contributed by atoms with Crippen LogP contribution in [0, 0.1) is 0 Å². The molecule has 1 aromatic carbocycles. The van der Waals surface area contributed by atoms with Crippen LogP contribution < -0.4 is 16.0 Å². The standard InChI is InChI=1S/C22H28BrN9O/c1-31(2)18-7-9-32(13-18)22(33)29-16-5-3-4-15(10-16)28-21-26-12-19(23)20(30-21)25-8-6-17-11-24-14-27-17/h3-5,10-12,14,18H,6-9,13H2,1-2H3,(H,24,27)(H,29,33)(H2,25,26,28,30)/t18-/m1/s1. The number of carbonyl (C=O) groups excluding carboxylic acids is 1. The summed E-state index contributed by atoms with van der Waals surface area (Å²) in [5, 5.41) is 9.50. The van der Waals surface area contributed by atoms with Crippen LogP contribution in [0.3, 0.4) is 0 Å². The highest BCUT2D eigenvalue weighted by atomic mass is 79.9. The van der Waals surface area contributed by atoms with Gasteiger partial charge in [0, 0.05) is 55.9 Å². The summed E-state index contributed by atoms with van der Waals surface area (Å²) in [4.78, 5) is 32.7. The number of H-pyrrole nitrogens is 1. The number of hydrogen-bond acceptors (Lipinski definition) is 7. The number of urea groups is 1. The fourth-order valence-electron chi connectivity index (χ4n) is 3.64. The molecule has 0 spiro atoms. The van der Waals surface area contributed by atoms with Gasteiger partial charge in [0.15, 0.2) is 0 Å². The predicted octanol–water partition coefficient (Wildman–Crippen LogP) is 3.53. The Labute approximate surface area is 201 Å². The molecule has 0 unspecified atom stereocenters. The minimum Gasteiger partial charge on any atom is -0.369 e. The monoisotopic (exact) mass is 513 g/mol. The molecule has 2 aromatic heterocycles. The summed E-state index contributed by atoms with van der Waals surface area (Å²) in [6.45, 7) is 2.18. The lowest BCUT2D eigenvalue weighted by Crippen LogP contribution is -2.36. The topological polar surface area (TPSA) is 114 Å². The van der Waals surface area contributed by atoms with E-state index in [2.05, 4.69) is 56.7 Å². The smallest absolute Gasteiger partial charge is 0.321 e. The minimum atomic E-state index is -0.0835. The number of halogens is 1. The molecule has 174 valence electrons. The van der Waals surface area contributed by atoms with Crippen molar-refractivity contribution in [2.45, 2.75) is 18.9 Å². The number of nitrogens with zero attached hydrogens (tertiary/aromatic N) is 5. The maximum atomic E-state index is 12.7. The van der Waals surface area contributed by atoms with Crippen molar-refractivity contribution in [3.63, 3.8) is 0 Å². The molecule has 1 aliphatic heterocycles. The number of imidazole rings is 1. The molecule has 0 bridgehead atoms. The van der Waals surface area contributed by atoms with Gasteiger partial charge in [0.1, 0.15) is 5.82 Å². The molecule has 4 rings (SSSR count). The highest BCUT2D eigenvalue weighted by Gasteiger charge is 2.27. The summed E-state index contributed by atoms with van der Waals surface area (Å²) in [7, 11) is 4.09. The second-order valence-electron chi connectivity index (χ2n) is 8.12. The number of rotatable bonds is 8. The maximum absolute atomic E-state index is 12.7. The van der Waals surface area contributed by atoms with Crippen molar-refractivity contribution in [1.82, 2.24) is 29.7 Å². The number of benzene rings is 1. The van der Waals surface area contributed by atoms with Crippen molar-refractivity contribution >= 4 is 45.1 Å². The lowest BCUT2D eigenvalue weighted by molar-refractivity contribution is 0.216. The molecule has 4 N–H and O–H groups in total. The largest absolute Gasteiger partial charge is 0.369 e. The Bertz CT molecular complexity index is 1070. The Morgan fingerprint density at radius 2 is 2.15 bits per heavy atom. The predicted molar refractivity (Wildman–Crippen MR) is 133 cm³/mol. The van der Waals surface area contributed by atoms with Crippen LogP contribution in [-0.4, -0.2) is 75.5 Å². The molecule has 1 aliphatic rings. The van der Waals surface area contributed by atoms with Gasteiger partial charge in [-0.25, -0.2) is 14.8 Å². The molecule has 33 heavy (non-hydrogen) atoms. The molecule has 2 amide bonds. The zero-order chi connectivity index (χ0) is 23.2. The molecule has 3 heterocycles. The highest BCUT2D eigenvalue weighted by Crippen LogP contribution is 2.24. The first-order valence-electron chi connectivity index (χ1n) is 10.8. The first-order valence-corrected chi connectivity index (χ1v) is 11.6. The zero-order valence-electron chi connectivity index (χ0n) is 18.7. The summed E-state index contributed by atoms with van der Waals surface area (Å²) < 4.78 is 0.776. The van der Waals surface area contributed by atoms with Gasteiger partial charge in [-0.2, -0.15) is 4.98 Å². The Balaban J connectivity index is 1.35. The van der Waals surface area contributed by atoms with Gasteiger partial charge < -0.3 is 30.7 Å². The van der Waals surface area contributed by atoms with Crippen LogP contribution in [0.1, 0.15) is 12.1 Å². The fraction of sp³-hybridized carbons (Fsp3) is 0.364. The SMILES string of the molecule is CN(C)[C@@H]1CCN(C(=O)Nc2cccc(Nc3ncc(Br)c(NCCc4c[nH]cn4)n3)c2)C1. The van der Waals surface area contributed by atoms with E-state index in [0.717, 1.165) is 41.8 Å². The van der Waals surface area contributed by atoms with Gasteiger partial charge in [-0.15, -0.1) is 0 Å². The third kappa shape index (κ3) is 6.20. The van der Waals surface area contributed by atoms with Crippen molar-refractivity contribution in [1.29, 1.82) is 0 Å². The van der Waals surface area contributed by atoms with Gasteiger partial charge in [0.25, 0.3) is 0 Å². The summed E-state index contributed by atoms with van der Waals surface area (Å²) >= 11 is 3.49. The van der Waals surface area contributed by atoms with Crippen molar-refractivity contribution in [3.05, 3.63) is 53.2 Å². The molecule has 1 atom stereocenters. The quantitative estimate of drug-likeness (QED) is 0.364. The summed E-state index contributed by atoms with van der Waals surface area (Å²) in [5.74, 6) is 1.15. The highest BCUT2D eigenvalue weighted by molar-refractivity contribution is 9.10. The van der Waals surface area contributed by atoms with Crippen LogP contribution in [-0.2, 0) is 6.42 Å². The van der Waals surface area contributed by atoms with Gasteiger partial charge in [0.05, 0.1) is 16.5 Å². The number of nitrogens with one attached hydrogen (secondary N) is 4. The van der Waals surface area contributed by atoms with E-state index in [0.29, 0.717) is 30.0 Å². The minimum absolute atomic E-state index is 0.0835. The first kappa shape index (κ1) is 23.0. The van der Waals surface area contributed by atoms with Gasteiger partial charge in [-0.3, -0.25) is 0 Å². The second kappa shape index (κ2) is 10.6. The van der Waals surface area contributed by atoms with Crippen LogP contribution in [0.4, 0.5) is 27.9 Å². The number of anilines is 4. The van der Waals surface area contributed by atoms with E-state index < -0.39 is 0 Å².